The molecule has 30 heavy (non-hydrogen) atoms. The summed E-state index contributed by atoms with van der Waals surface area (Å²) in [5.41, 5.74) is 2.52. The predicted molar refractivity (Wildman–Crippen MR) is 113 cm³/mol. The van der Waals surface area contributed by atoms with Crippen LogP contribution in [0, 0.1) is 5.92 Å². The van der Waals surface area contributed by atoms with Crippen LogP contribution in [0.5, 0.6) is 0 Å². The second-order valence-corrected chi connectivity index (χ2v) is 7.90. The quantitative estimate of drug-likeness (QED) is 0.590. The fraction of sp³-hybridized carbons (Fsp3) is 0.167. The van der Waals surface area contributed by atoms with Crippen LogP contribution >= 0.6 is 11.6 Å². The van der Waals surface area contributed by atoms with Crippen molar-refractivity contribution in [2.75, 3.05) is 5.06 Å². The highest BCUT2D eigenvalue weighted by atomic mass is 35.5. The molecule has 3 atom stereocenters. The number of rotatable bonds is 4. The van der Waals surface area contributed by atoms with E-state index in [1.807, 2.05) is 78.9 Å². The summed E-state index contributed by atoms with van der Waals surface area (Å²) in [6.07, 6.45) is -0.856. The number of fused-ring (bicyclic) bond motifs is 1. The molecule has 2 amide bonds. The van der Waals surface area contributed by atoms with Gasteiger partial charge in [0.1, 0.15) is 5.92 Å². The van der Waals surface area contributed by atoms with Gasteiger partial charge in [0, 0.05) is 5.02 Å². The van der Waals surface area contributed by atoms with Crippen molar-refractivity contribution in [3.05, 3.63) is 101 Å². The zero-order valence-electron chi connectivity index (χ0n) is 16.0. The molecule has 0 spiro atoms. The molecule has 2 aliphatic heterocycles. The minimum atomic E-state index is -0.856. The standard InChI is InChI=1S/C24H19ClN2O3/c25-18-11-7-10-17(14-18)21-20-22(30-27(21)19-12-5-2-6-13-19)24(29)26(23(20)28)15-16-8-3-1-4-9-16/h1-14,20-22H,15H2/t20-,21-,22+/m1/s1. The smallest absolute Gasteiger partial charge is 0.262 e. The largest absolute Gasteiger partial charge is 0.275 e. The first-order valence-electron chi connectivity index (χ1n) is 9.79. The Morgan fingerprint density at radius 1 is 0.833 bits per heavy atom. The van der Waals surface area contributed by atoms with Crippen LogP contribution in [0.1, 0.15) is 17.2 Å². The van der Waals surface area contributed by atoms with E-state index in [4.69, 9.17) is 16.4 Å². The van der Waals surface area contributed by atoms with E-state index in [0.29, 0.717) is 5.02 Å². The lowest BCUT2D eigenvalue weighted by atomic mass is 9.90. The zero-order chi connectivity index (χ0) is 20.7. The molecule has 6 heteroatoms. The summed E-state index contributed by atoms with van der Waals surface area (Å²) >= 11 is 6.24. The molecule has 5 nitrogen and oxygen atoms in total. The number of hydrogen-bond donors (Lipinski definition) is 0. The van der Waals surface area contributed by atoms with Crippen LogP contribution in [0.4, 0.5) is 5.69 Å². The van der Waals surface area contributed by atoms with E-state index < -0.39 is 18.1 Å². The molecule has 2 saturated heterocycles. The number of carbonyl (C=O) groups is 2. The van der Waals surface area contributed by atoms with Crippen LogP contribution in [0.25, 0.3) is 0 Å². The van der Waals surface area contributed by atoms with E-state index in [2.05, 4.69) is 0 Å². The topological polar surface area (TPSA) is 49.9 Å². The lowest BCUT2D eigenvalue weighted by molar-refractivity contribution is -0.143. The van der Waals surface area contributed by atoms with Gasteiger partial charge in [-0.3, -0.25) is 19.3 Å². The van der Waals surface area contributed by atoms with Gasteiger partial charge in [0.05, 0.1) is 18.3 Å². The maximum absolute atomic E-state index is 13.4. The van der Waals surface area contributed by atoms with Gasteiger partial charge in [-0.15, -0.1) is 0 Å². The monoisotopic (exact) mass is 418 g/mol. The summed E-state index contributed by atoms with van der Waals surface area (Å²) in [6, 6.07) is 25.9. The average Bonchev–Trinajstić information content (AvgIpc) is 3.27. The van der Waals surface area contributed by atoms with E-state index in [1.54, 1.807) is 11.1 Å². The minimum Gasteiger partial charge on any atom is -0.275 e. The normalized spacial score (nSPS) is 23.2. The molecule has 0 aromatic heterocycles. The molecule has 3 aromatic carbocycles. The number of amides is 2. The number of hydroxylamine groups is 1. The van der Waals surface area contributed by atoms with Crippen LogP contribution in [0.3, 0.4) is 0 Å². The Kier molecular flexibility index (Phi) is 4.77. The third-order valence-corrected chi connectivity index (χ3v) is 5.83. The fourth-order valence-electron chi connectivity index (χ4n) is 4.22. The molecule has 0 radical (unpaired) electrons. The van der Waals surface area contributed by atoms with E-state index in [1.165, 1.54) is 4.90 Å². The van der Waals surface area contributed by atoms with Crippen molar-refractivity contribution in [2.45, 2.75) is 18.7 Å². The summed E-state index contributed by atoms with van der Waals surface area (Å²) in [5.74, 6) is -1.17. The summed E-state index contributed by atoms with van der Waals surface area (Å²) in [7, 11) is 0. The summed E-state index contributed by atoms with van der Waals surface area (Å²) in [5, 5.41) is 2.25. The highest BCUT2D eigenvalue weighted by molar-refractivity contribution is 6.30. The highest BCUT2D eigenvalue weighted by Gasteiger charge is 2.59. The molecule has 150 valence electrons. The maximum atomic E-state index is 13.4. The molecule has 2 aliphatic rings. The maximum Gasteiger partial charge on any atom is 0.262 e. The van der Waals surface area contributed by atoms with Crippen molar-refractivity contribution in [1.29, 1.82) is 0 Å². The minimum absolute atomic E-state index is 0.225. The third-order valence-electron chi connectivity index (χ3n) is 5.59. The number of anilines is 1. The summed E-state index contributed by atoms with van der Waals surface area (Å²) in [6.45, 7) is 0.239. The Morgan fingerprint density at radius 2 is 1.53 bits per heavy atom. The summed E-state index contributed by atoms with van der Waals surface area (Å²) < 4.78 is 0. The predicted octanol–water partition coefficient (Wildman–Crippen LogP) is 4.39. The molecular weight excluding hydrogens is 400 g/mol. The number of carbonyl (C=O) groups excluding carboxylic acids is 2. The second-order valence-electron chi connectivity index (χ2n) is 7.46. The molecule has 0 saturated carbocycles. The number of nitrogens with zero attached hydrogens (tertiary/aromatic N) is 2. The van der Waals surface area contributed by atoms with Crippen LogP contribution in [-0.4, -0.2) is 22.8 Å². The number of likely N-dealkylation sites (tertiary alicyclic amines) is 1. The number of imide groups is 1. The molecule has 2 fully saturated rings. The molecule has 0 unspecified atom stereocenters. The molecule has 0 bridgehead atoms. The average molecular weight is 419 g/mol. The first kappa shape index (κ1) is 18.9. The lowest BCUT2D eigenvalue weighted by Crippen LogP contribution is -2.36. The van der Waals surface area contributed by atoms with Crippen molar-refractivity contribution in [3.63, 3.8) is 0 Å². The second kappa shape index (κ2) is 7.59. The van der Waals surface area contributed by atoms with Gasteiger partial charge in [-0.25, -0.2) is 5.06 Å². The Bertz CT molecular complexity index is 1090. The Hall–Kier alpha value is -3.15. The number of benzene rings is 3. The van der Waals surface area contributed by atoms with E-state index in [0.717, 1.165) is 16.8 Å². The first-order chi connectivity index (χ1) is 14.6. The fourth-order valence-corrected chi connectivity index (χ4v) is 4.42. The van der Waals surface area contributed by atoms with Crippen LogP contribution < -0.4 is 5.06 Å². The van der Waals surface area contributed by atoms with E-state index in [9.17, 15) is 9.59 Å². The van der Waals surface area contributed by atoms with Gasteiger partial charge < -0.3 is 0 Å². The first-order valence-corrected chi connectivity index (χ1v) is 10.2. The van der Waals surface area contributed by atoms with E-state index >= 15 is 0 Å². The Labute approximate surface area is 179 Å². The van der Waals surface area contributed by atoms with Gasteiger partial charge in [-0.1, -0.05) is 72.3 Å². The number of para-hydroxylation sites is 1. The van der Waals surface area contributed by atoms with Gasteiger partial charge in [0.15, 0.2) is 6.10 Å². The Morgan fingerprint density at radius 3 is 2.23 bits per heavy atom. The van der Waals surface area contributed by atoms with Crippen LogP contribution in [-0.2, 0) is 21.0 Å². The van der Waals surface area contributed by atoms with E-state index in [-0.39, 0.29) is 18.4 Å². The third kappa shape index (κ3) is 3.16. The van der Waals surface area contributed by atoms with Crippen molar-refractivity contribution in [2.24, 2.45) is 5.92 Å². The van der Waals surface area contributed by atoms with Gasteiger partial charge in [-0.2, -0.15) is 0 Å². The van der Waals surface area contributed by atoms with Crippen LogP contribution in [0.2, 0.25) is 5.02 Å². The van der Waals surface area contributed by atoms with Crippen molar-refractivity contribution in [3.8, 4) is 0 Å². The van der Waals surface area contributed by atoms with Crippen molar-refractivity contribution in [1.82, 2.24) is 4.90 Å². The van der Waals surface area contributed by atoms with Gasteiger partial charge >= 0.3 is 0 Å². The SMILES string of the molecule is O=C1[C@H]2[C@H](ON(c3ccccc3)[C@@H]2c2cccc(Cl)c2)C(=O)N1Cc1ccccc1. The van der Waals surface area contributed by atoms with Gasteiger partial charge in [-0.05, 0) is 35.4 Å². The molecule has 3 aromatic rings. The highest BCUT2D eigenvalue weighted by Crippen LogP contribution is 2.47. The summed E-state index contributed by atoms with van der Waals surface area (Å²) in [4.78, 5) is 34.0. The van der Waals surface area contributed by atoms with Gasteiger partial charge in [0.25, 0.3) is 5.91 Å². The molecule has 5 rings (SSSR count). The number of halogens is 1. The Balaban J connectivity index is 1.53. The van der Waals surface area contributed by atoms with Crippen LogP contribution in [0.15, 0.2) is 84.9 Å². The zero-order valence-corrected chi connectivity index (χ0v) is 16.8. The lowest BCUT2D eigenvalue weighted by Gasteiger charge is -2.28. The molecular formula is C24H19ClN2O3. The molecule has 0 aliphatic carbocycles. The molecule has 0 N–H and O–H groups in total. The number of hydrogen-bond acceptors (Lipinski definition) is 4. The van der Waals surface area contributed by atoms with Crippen molar-refractivity contribution >= 4 is 29.1 Å². The molecule has 2 heterocycles. The van der Waals surface area contributed by atoms with Crippen molar-refractivity contribution < 1.29 is 14.4 Å². The van der Waals surface area contributed by atoms with Gasteiger partial charge in [0.2, 0.25) is 5.91 Å².